The molecule has 6 aromatic rings. The zero-order chi connectivity index (χ0) is 31.8. The van der Waals surface area contributed by atoms with Gasteiger partial charge in [0.2, 0.25) is 0 Å². The second-order valence-electron chi connectivity index (χ2n) is 10.9. The minimum atomic E-state index is -1.09. The standard InChI is InChI=1S/C34H28FN9O2/c1-20(35)33(45)38-19-22-6-2-3-7-25(22)34(46)41-27-12-9-21-18-23(10-11-24(21)27)44-31(26-8-4-15-37-30(26)36)40-28-13-14-29(42-32(28)44)43-17-5-16-39-43/h2-8,10-11,13-18,27H,1,9,12,19H2,(H2,36,37)(H,38,45)(H,41,46)/t27-/m0/s1. The van der Waals surface area contributed by atoms with Crippen LogP contribution in [-0.4, -0.2) is 41.1 Å². The first-order valence-corrected chi connectivity index (χ1v) is 14.6. The third-order valence-corrected chi connectivity index (χ3v) is 8.02. The molecule has 0 radical (unpaired) electrons. The number of halogens is 1. The lowest BCUT2D eigenvalue weighted by molar-refractivity contribution is -0.119. The lowest BCUT2D eigenvalue weighted by Gasteiger charge is -2.17. The molecule has 4 aromatic heterocycles. The average Bonchev–Trinajstić information content (AvgIpc) is 3.83. The Balaban J connectivity index is 1.22. The summed E-state index contributed by atoms with van der Waals surface area (Å²) in [6.07, 6.45) is 6.61. The molecular formula is C34H28FN9O2. The molecule has 2 aromatic carbocycles. The number of imidazole rings is 1. The number of carbonyl (C=O) groups is 2. The Hall–Kier alpha value is -6.17. The number of carbonyl (C=O) groups excluding carboxylic acids is 2. The lowest BCUT2D eigenvalue weighted by Crippen LogP contribution is -2.29. The normalized spacial score (nSPS) is 13.8. The van der Waals surface area contributed by atoms with Gasteiger partial charge in [0.15, 0.2) is 23.1 Å². The van der Waals surface area contributed by atoms with Crippen LogP contribution in [0.1, 0.15) is 39.5 Å². The predicted octanol–water partition coefficient (Wildman–Crippen LogP) is 4.77. The van der Waals surface area contributed by atoms with E-state index in [4.69, 9.17) is 15.7 Å². The Morgan fingerprint density at radius 1 is 1.02 bits per heavy atom. The summed E-state index contributed by atoms with van der Waals surface area (Å²) >= 11 is 0. The van der Waals surface area contributed by atoms with Crippen molar-refractivity contribution in [2.75, 3.05) is 5.73 Å². The van der Waals surface area contributed by atoms with Crippen LogP contribution in [0.25, 0.3) is 34.1 Å². The summed E-state index contributed by atoms with van der Waals surface area (Å²) in [6, 6.07) is 22.1. The van der Waals surface area contributed by atoms with E-state index in [1.807, 2.05) is 53.2 Å². The summed E-state index contributed by atoms with van der Waals surface area (Å²) in [7, 11) is 0. The van der Waals surface area contributed by atoms with Crippen molar-refractivity contribution in [2.45, 2.75) is 25.4 Å². The number of fused-ring (bicyclic) bond motifs is 2. The fraction of sp³-hybridized carbons (Fsp3) is 0.118. The van der Waals surface area contributed by atoms with Gasteiger partial charge in [-0.15, -0.1) is 0 Å². The summed E-state index contributed by atoms with van der Waals surface area (Å²) in [5, 5.41) is 9.92. The molecule has 0 aliphatic heterocycles. The van der Waals surface area contributed by atoms with E-state index in [0.29, 0.717) is 51.7 Å². The maximum Gasteiger partial charge on any atom is 0.279 e. The quantitative estimate of drug-likeness (QED) is 0.210. The van der Waals surface area contributed by atoms with Crippen LogP contribution in [0.5, 0.6) is 0 Å². The largest absolute Gasteiger partial charge is 0.383 e. The van der Waals surface area contributed by atoms with Gasteiger partial charge in [-0.1, -0.05) is 30.8 Å². The van der Waals surface area contributed by atoms with Crippen molar-refractivity contribution in [2.24, 2.45) is 0 Å². The summed E-state index contributed by atoms with van der Waals surface area (Å²) < 4.78 is 16.8. The Labute approximate surface area is 262 Å². The zero-order valence-corrected chi connectivity index (χ0v) is 24.5. The molecular weight excluding hydrogens is 585 g/mol. The minimum Gasteiger partial charge on any atom is -0.383 e. The molecule has 228 valence electrons. The SMILES string of the molecule is C=C(F)C(=O)NCc1ccccc1C(=O)N[C@H]1CCc2cc(-n3c(-c4cccnc4N)nc4ccc(-n5cccn5)nc43)ccc21. The minimum absolute atomic E-state index is 0.00519. The number of nitrogens with zero attached hydrogens (tertiary/aromatic N) is 6. The monoisotopic (exact) mass is 613 g/mol. The number of amides is 2. The highest BCUT2D eigenvalue weighted by atomic mass is 19.1. The lowest BCUT2D eigenvalue weighted by atomic mass is 10.0. The molecule has 12 heteroatoms. The van der Waals surface area contributed by atoms with E-state index in [0.717, 1.165) is 23.2 Å². The van der Waals surface area contributed by atoms with Gasteiger partial charge in [-0.3, -0.25) is 14.2 Å². The van der Waals surface area contributed by atoms with Crippen molar-refractivity contribution >= 4 is 28.8 Å². The van der Waals surface area contributed by atoms with Gasteiger partial charge in [0.1, 0.15) is 11.3 Å². The van der Waals surface area contributed by atoms with E-state index >= 15 is 0 Å². The smallest absolute Gasteiger partial charge is 0.279 e. The van der Waals surface area contributed by atoms with Crippen molar-refractivity contribution in [3.63, 3.8) is 0 Å². The topological polar surface area (TPSA) is 146 Å². The predicted molar refractivity (Wildman–Crippen MR) is 171 cm³/mol. The third-order valence-electron chi connectivity index (χ3n) is 8.02. The molecule has 1 aliphatic carbocycles. The van der Waals surface area contributed by atoms with E-state index in [2.05, 4.69) is 33.4 Å². The number of rotatable bonds is 8. The first kappa shape index (κ1) is 28.6. The molecule has 0 saturated carbocycles. The van der Waals surface area contributed by atoms with Crippen LogP contribution in [0.2, 0.25) is 0 Å². The molecule has 46 heavy (non-hydrogen) atoms. The van der Waals surface area contributed by atoms with Crippen molar-refractivity contribution < 1.29 is 14.0 Å². The van der Waals surface area contributed by atoms with E-state index in [1.165, 1.54) is 0 Å². The molecule has 2 amide bonds. The number of hydrogen-bond acceptors (Lipinski definition) is 7. The highest BCUT2D eigenvalue weighted by molar-refractivity contribution is 5.96. The maximum atomic E-state index is 13.4. The Bertz CT molecular complexity index is 2140. The summed E-state index contributed by atoms with van der Waals surface area (Å²) in [4.78, 5) is 39.2. The van der Waals surface area contributed by atoms with Crippen LogP contribution >= 0.6 is 0 Å². The fourth-order valence-corrected chi connectivity index (χ4v) is 5.81. The van der Waals surface area contributed by atoms with Crippen molar-refractivity contribution in [3.05, 3.63) is 126 Å². The second-order valence-corrected chi connectivity index (χ2v) is 10.9. The first-order chi connectivity index (χ1) is 22.4. The van der Waals surface area contributed by atoms with Crippen LogP contribution in [0, 0.1) is 0 Å². The first-order valence-electron chi connectivity index (χ1n) is 14.6. The van der Waals surface area contributed by atoms with Crippen LogP contribution in [0.3, 0.4) is 0 Å². The highest BCUT2D eigenvalue weighted by Crippen LogP contribution is 2.36. The molecule has 0 saturated heterocycles. The highest BCUT2D eigenvalue weighted by Gasteiger charge is 2.27. The number of pyridine rings is 2. The van der Waals surface area contributed by atoms with Gasteiger partial charge in [-0.2, -0.15) is 5.10 Å². The van der Waals surface area contributed by atoms with E-state index in [9.17, 15) is 14.0 Å². The number of aromatic nitrogens is 6. The molecule has 4 N–H and O–H groups in total. The van der Waals surface area contributed by atoms with Gasteiger partial charge < -0.3 is 16.4 Å². The van der Waals surface area contributed by atoms with Crippen LogP contribution in [-0.2, 0) is 17.8 Å². The van der Waals surface area contributed by atoms with Gasteiger partial charge in [0, 0.05) is 36.4 Å². The summed E-state index contributed by atoms with van der Waals surface area (Å²) in [6.45, 7) is 3.01. The van der Waals surface area contributed by atoms with Gasteiger partial charge in [-0.05, 0) is 78.1 Å². The van der Waals surface area contributed by atoms with E-state index < -0.39 is 11.7 Å². The number of aryl methyl sites for hydroxylation is 1. The number of hydrogen-bond donors (Lipinski definition) is 3. The fourth-order valence-electron chi connectivity index (χ4n) is 5.81. The molecule has 0 spiro atoms. The van der Waals surface area contributed by atoms with Gasteiger partial charge in [0.05, 0.1) is 11.6 Å². The molecule has 0 bridgehead atoms. The Kier molecular flexibility index (Phi) is 7.29. The zero-order valence-electron chi connectivity index (χ0n) is 24.5. The third kappa shape index (κ3) is 5.25. The Morgan fingerprint density at radius 2 is 1.89 bits per heavy atom. The molecule has 11 nitrogen and oxygen atoms in total. The van der Waals surface area contributed by atoms with Crippen molar-refractivity contribution in [1.82, 2.24) is 39.9 Å². The molecule has 1 aliphatic rings. The molecule has 0 unspecified atom stereocenters. The summed E-state index contributed by atoms with van der Waals surface area (Å²) in [5.74, 6) is -0.682. The molecule has 7 rings (SSSR count). The Morgan fingerprint density at radius 3 is 2.70 bits per heavy atom. The summed E-state index contributed by atoms with van der Waals surface area (Å²) in [5.41, 5.74) is 12.2. The number of nitrogens with one attached hydrogen (secondary N) is 2. The molecule has 1 atom stereocenters. The van der Waals surface area contributed by atoms with Crippen LogP contribution in [0.4, 0.5) is 10.2 Å². The number of benzene rings is 2. The van der Waals surface area contributed by atoms with Gasteiger partial charge >= 0.3 is 0 Å². The number of nitrogen functional groups attached to an aromatic ring is 1. The van der Waals surface area contributed by atoms with Crippen LogP contribution < -0.4 is 16.4 Å². The molecule has 4 heterocycles. The average molecular weight is 614 g/mol. The van der Waals surface area contributed by atoms with Crippen molar-refractivity contribution in [1.29, 1.82) is 0 Å². The van der Waals surface area contributed by atoms with Crippen LogP contribution in [0.15, 0.2) is 104 Å². The molecule has 0 fully saturated rings. The van der Waals surface area contributed by atoms with E-state index in [1.54, 1.807) is 41.3 Å². The number of anilines is 1. The van der Waals surface area contributed by atoms with E-state index in [-0.39, 0.29) is 18.5 Å². The number of nitrogens with two attached hydrogens (primary N) is 1. The second kappa shape index (κ2) is 11.7. The van der Waals surface area contributed by atoms with Gasteiger partial charge in [0.25, 0.3) is 11.8 Å². The van der Waals surface area contributed by atoms with Gasteiger partial charge in [-0.25, -0.2) is 24.0 Å². The van der Waals surface area contributed by atoms with Crippen molar-refractivity contribution in [3.8, 4) is 22.9 Å². The maximum absolute atomic E-state index is 13.4.